The van der Waals surface area contributed by atoms with Gasteiger partial charge in [-0.3, -0.25) is 4.79 Å². The smallest absolute Gasteiger partial charge is 0.303 e. The minimum atomic E-state index is -0.708. The molecule has 0 fully saturated rings. The second kappa shape index (κ2) is 10.1. The molecular formula is C25H26O2S. The molecule has 0 aromatic heterocycles. The topological polar surface area (TPSA) is 37.3 Å². The Labute approximate surface area is 171 Å². The van der Waals surface area contributed by atoms with Crippen molar-refractivity contribution in [3.05, 3.63) is 108 Å². The molecule has 2 nitrogen and oxygen atoms in total. The lowest BCUT2D eigenvalue weighted by molar-refractivity contribution is -0.137. The zero-order chi connectivity index (χ0) is 19.7. The highest BCUT2D eigenvalue weighted by atomic mass is 32.2. The van der Waals surface area contributed by atoms with E-state index in [0.717, 1.165) is 25.0 Å². The lowest BCUT2D eigenvalue weighted by Gasteiger charge is -2.35. The molecule has 0 aliphatic heterocycles. The summed E-state index contributed by atoms with van der Waals surface area (Å²) in [5.74, 6) is 0.262. The second-order valence-electron chi connectivity index (χ2n) is 6.83. The van der Waals surface area contributed by atoms with E-state index in [1.165, 1.54) is 16.7 Å². The highest BCUT2D eigenvalue weighted by Crippen LogP contribution is 2.48. The summed E-state index contributed by atoms with van der Waals surface area (Å²) in [5, 5.41) is 8.84. The fourth-order valence-corrected chi connectivity index (χ4v) is 5.11. The molecule has 1 N–H and O–H groups in total. The van der Waals surface area contributed by atoms with Gasteiger partial charge >= 0.3 is 5.97 Å². The number of hydrogen-bond acceptors (Lipinski definition) is 2. The third kappa shape index (κ3) is 4.85. The van der Waals surface area contributed by atoms with E-state index in [1.807, 2.05) is 11.8 Å². The Morgan fingerprint density at radius 2 is 1.11 bits per heavy atom. The molecule has 0 unspecified atom stereocenters. The van der Waals surface area contributed by atoms with Gasteiger partial charge in [-0.05, 0) is 35.3 Å². The van der Waals surface area contributed by atoms with Crippen molar-refractivity contribution in [2.24, 2.45) is 0 Å². The lowest BCUT2D eigenvalue weighted by atomic mass is 9.84. The Balaban J connectivity index is 1.94. The second-order valence-corrected chi connectivity index (χ2v) is 8.14. The first-order chi connectivity index (χ1) is 13.7. The van der Waals surface area contributed by atoms with E-state index in [9.17, 15) is 4.79 Å². The summed E-state index contributed by atoms with van der Waals surface area (Å²) in [5.41, 5.74) is 3.80. The minimum absolute atomic E-state index is 0.256. The standard InChI is InChI=1S/C25H26O2S/c26-24(27)19-11-4-12-20-28-25(21-13-5-1-6-14-21,22-15-7-2-8-16-22)23-17-9-3-10-18-23/h1-3,5-10,13-18H,4,11-12,19-20H2,(H,26,27). The zero-order valence-electron chi connectivity index (χ0n) is 16.0. The molecular weight excluding hydrogens is 364 g/mol. The first-order valence-electron chi connectivity index (χ1n) is 9.76. The van der Waals surface area contributed by atoms with Gasteiger partial charge < -0.3 is 5.11 Å². The van der Waals surface area contributed by atoms with Crippen molar-refractivity contribution in [1.82, 2.24) is 0 Å². The molecule has 0 radical (unpaired) electrons. The van der Waals surface area contributed by atoms with Crippen molar-refractivity contribution in [2.75, 3.05) is 5.75 Å². The Kier molecular flexibility index (Phi) is 7.32. The van der Waals surface area contributed by atoms with Gasteiger partial charge in [-0.2, -0.15) is 0 Å². The normalized spacial score (nSPS) is 11.3. The van der Waals surface area contributed by atoms with Crippen LogP contribution in [-0.4, -0.2) is 16.8 Å². The molecule has 3 aromatic rings. The number of thioether (sulfide) groups is 1. The summed E-state index contributed by atoms with van der Waals surface area (Å²) in [4.78, 5) is 10.7. The van der Waals surface area contributed by atoms with Crippen LogP contribution in [0.25, 0.3) is 0 Å². The van der Waals surface area contributed by atoms with Crippen LogP contribution in [0.15, 0.2) is 91.0 Å². The predicted octanol–water partition coefficient (Wildman–Crippen LogP) is 6.36. The first kappa shape index (κ1) is 20.2. The molecule has 0 saturated carbocycles. The molecule has 3 aromatic carbocycles. The molecule has 0 aliphatic carbocycles. The molecule has 3 rings (SSSR count). The molecule has 0 aliphatic rings. The Morgan fingerprint density at radius 1 is 0.679 bits per heavy atom. The van der Waals surface area contributed by atoms with Crippen LogP contribution in [0.5, 0.6) is 0 Å². The van der Waals surface area contributed by atoms with Crippen LogP contribution in [0.4, 0.5) is 0 Å². The van der Waals surface area contributed by atoms with Crippen LogP contribution in [-0.2, 0) is 9.54 Å². The average molecular weight is 391 g/mol. The number of rotatable bonds is 10. The number of unbranched alkanes of at least 4 members (excludes halogenated alkanes) is 2. The van der Waals surface area contributed by atoms with Gasteiger partial charge in [0.05, 0.1) is 4.75 Å². The van der Waals surface area contributed by atoms with Crippen molar-refractivity contribution in [2.45, 2.75) is 30.4 Å². The van der Waals surface area contributed by atoms with E-state index < -0.39 is 5.97 Å². The van der Waals surface area contributed by atoms with Crippen molar-refractivity contribution < 1.29 is 9.90 Å². The molecule has 144 valence electrons. The van der Waals surface area contributed by atoms with Gasteiger partial charge in [0.2, 0.25) is 0 Å². The van der Waals surface area contributed by atoms with Gasteiger partial charge in [0.1, 0.15) is 0 Å². The minimum Gasteiger partial charge on any atom is -0.481 e. The van der Waals surface area contributed by atoms with Gasteiger partial charge in [-0.1, -0.05) is 97.4 Å². The molecule has 28 heavy (non-hydrogen) atoms. The van der Waals surface area contributed by atoms with Crippen molar-refractivity contribution >= 4 is 17.7 Å². The fraction of sp³-hybridized carbons (Fsp3) is 0.240. The van der Waals surface area contributed by atoms with Gasteiger partial charge in [-0.15, -0.1) is 11.8 Å². The zero-order valence-corrected chi connectivity index (χ0v) is 16.8. The summed E-state index contributed by atoms with van der Waals surface area (Å²) in [6.45, 7) is 0. The molecule has 0 bridgehead atoms. The molecule has 0 heterocycles. The van der Waals surface area contributed by atoms with Gasteiger partial charge in [0, 0.05) is 6.42 Å². The monoisotopic (exact) mass is 390 g/mol. The van der Waals surface area contributed by atoms with Crippen LogP contribution in [0, 0.1) is 0 Å². The van der Waals surface area contributed by atoms with E-state index in [4.69, 9.17) is 5.11 Å². The van der Waals surface area contributed by atoms with Gasteiger partial charge in [0.25, 0.3) is 0 Å². The average Bonchev–Trinajstić information content (AvgIpc) is 2.75. The van der Waals surface area contributed by atoms with Crippen molar-refractivity contribution in [1.29, 1.82) is 0 Å². The summed E-state index contributed by atoms with van der Waals surface area (Å²) >= 11 is 1.94. The number of aliphatic carboxylic acids is 1. The van der Waals surface area contributed by atoms with Crippen LogP contribution >= 0.6 is 11.8 Å². The van der Waals surface area contributed by atoms with Crippen LogP contribution in [0.1, 0.15) is 42.4 Å². The van der Waals surface area contributed by atoms with Crippen molar-refractivity contribution in [3.8, 4) is 0 Å². The molecule has 0 spiro atoms. The van der Waals surface area contributed by atoms with Gasteiger partial charge in [0.15, 0.2) is 0 Å². The summed E-state index contributed by atoms with van der Waals surface area (Å²) < 4.78 is -0.281. The number of benzene rings is 3. The van der Waals surface area contributed by atoms with E-state index in [-0.39, 0.29) is 11.2 Å². The van der Waals surface area contributed by atoms with E-state index >= 15 is 0 Å². The molecule has 0 atom stereocenters. The Hall–Kier alpha value is -2.52. The number of hydrogen-bond donors (Lipinski definition) is 1. The van der Waals surface area contributed by atoms with Crippen LogP contribution in [0.2, 0.25) is 0 Å². The van der Waals surface area contributed by atoms with Crippen LogP contribution in [0.3, 0.4) is 0 Å². The third-order valence-electron chi connectivity index (χ3n) is 4.89. The third-order valence-corrected chi connectivity index (χ3v) is 6.53. The SMILES string of the molecule is O=C(O)CCCCCSC(c1ccccc1)(c1ccccc1)c1ccccc1. The largest absolute Gasteiger partial charge is 0.481 e. The number of carboxylic acids is 1. The first-order valence-corrected chi connectivity index (χ1v) is 10.7. The maximum absolute atomic E-state index is 10.7. The van der Waals surface area contributed by atoms with Gasteiger partial charge in [-0.25, -0.2) is 0 Å². The fourth-order valence-electron chi connectivity index (χ4n) is 3.55. The Bertz CT molecular complexity index is 751. The predicted molar refractivity (Wildman–Crippen MR) is 118 cm³/mol. The molecule has 0 saturated heterocycles. The quantitative estimate of drug-likeness (QED) is 0.323. The summed E-state index contributed by atoms with van der Waals surface area (Å²) in [7, 11) is 0. The molecule has 3 heteroatoms. The van der Waals surface area contributed by atoms with Crippen molar-refractivity contribution in [3.63, 3.8) is 0 Å². The highest BCUT2D eigenvalue weighted by Gasteiger charge is 2.36. The maximum Gasteiger partial charge on any atom is 0.303 e. The Morgan fingerprint density at radius 3 is 1.50 bits per heavy atom. The van der Waals surface area contributed by atoms with E-state index in [2.05, 4.69) is 91.0 Å². The maximum atomic E-state index is 10.7. The van der Waals surface area contributed by atoms with Crippen LogP contribution < -0.4 is 0 Å². The highest BCUT2D eigenvalue weighted by molar-refractivity contribution is 8.00. The number of carbonyl (C=O) groups is 1. The van der Waals surface area contributed by atoms with E-state index in [0.29, 0.717) is 0 Å². The summed E-state index contributed by atoms with van der Waals surface area (Å²) in [6.07, 6.45) is 2.94. The lowest BCUT2D eigenvalue weighted by Crippen LogP contribution is -2.26. The molecule has 0 amide bonds. The number of carboxylic acid groups (broad SMARTS) is 1. The van der Waals surface area contributed by atoms with E-state index in [1.54, 1.807) is 0 Å². The summed E-state index contributed by atoms with van der Waals surface area (Å²) in [6, 6.07) is 32.0.